The van der Waals surface area contributed by atoms with Crippen LogP contribution in [0.4, 0.5) is 0 Å². The van der Waals surface area contributed by atoms with Crippen molar-refractivity contribution in [2.75, 3.05) is 27.2 Å². The van der Waals surface area contributed by atoms with Crippen LogP contribution < -0.4 is 4.74 Å². The molecule has 1 unspecified atom stereocenters. The Hall–Kier alpha value is -2.20. The molecule has 1 atom stereocenters. The summed E-state index contributed by atoms with van der Waals surface area (Å²) in [6.45, 7) is 1.66. The van der Waals surface area contributed by atoms with E-state index in [9.17, 15) is 4.91 Å². The molecule has 0 fully saturated rings. The predicted octanol–water partition coefficient (Wildman–Crippen LogP) is 3.85. The van der Waals surface area contributed by atoms with E-state index in [1.807, 2.05) is 56.6 Å². The molecular weight excluding hydrogens is 276 g/mol. The zero-order chi connectivity index (χ0) is 15.5. The molecule has 0 saturated carbocycles. The van der Waals surface area contributed by atoms with Gasteiger partial charge < -0.3 is 9.64 Å². The van der Waals surface area contributed by atoms with E-state index < -0.39 is 6.04 Å². The van der Waals surface area contributed by atoms with Gasteiger partial charge in [0.05, 0.1) is 6.61 Å². The summed E-state index contributed by atoms with van der Waals surface area (Å²) in [6.07, 6.45) is 0.972. The van der Waals surface area contributed by atoms with Crippen LogP contribution >= 0.6 is 0 Å². The van der Waals surface area contributed by atoms with E-state index in [0.29, 0.717) is 6.61 Å². The van der Waals surface area contributed by atoms with Crippen LogP contribution in [0, 0.1) is 4.91 Å². The predicted molar refractivity (Wildman–Crippen MR) is 88.2 cm³/mol. The lowest BCUT2D eigenvalue weighted by Gasteiger charge is -2.11. The molecule has 4 heteroatoms. The fourth-order valence-electron chi connectivity index (χ4n) is 2.93. The normalized spacial score (nSPS) is 15.5. The first kappa shape index (κ1) is 14.7. The fourth-order valence-corrected chi connectivity index (χ4v) is 2.93. The molecule has 0 heterocycles. The van der Waals surface area contributed by atoms with Gasteiger partial charge in [-0.1, -0.05) is 35.5 Å². The van der Waals surface area contributed by atoms with Crippen molar-refractivity contribution in [1.29, 1.82) is 0 Å². The Morgan fingerprint density at radius 1 is 1.09 bits per heavy atom. The van der Waals surface area contributed by atoms with Gasteiger partial charge in [0.15, 0.2) is 0 Å². The average Bonchev–Trinajstić information content (AvgIpc) is 2.84. The minimum Gasteiger partial charge on any atom is -0.494 e. The molecule has 0 bridgehead atoms. The second-order valence-electron chi connectivity index (χ2n) is 5.85. The van der Waals surface area contributed by atoms with Crippen LogP contribution in [0.2, 0.25) is 0 Å². The van der Waals surface area contributed by atoms with Crippen LogP contribution in [0.3, 0.4) is 0 Å². The quantitative estimate of drug-likeness (QED) is 0.600. The molecule has 0 aromatic heterocycles. The number of hydrogen-bond acceptors (Lipinski definition) is 4. The third kappa shape index (κ3) is 2.74. The van der Waals surface area contributed by atoms with Gasteiger partial charge in [-0.15, -0.1) is 4.91 Å². The summed E-state index contributed by atoms with van der Waals surface area (Å²) in [5.41, 5.74) is 4.11. The smallest absolute Gasteiger partial charge is 0.143 e. The molecule has 1 aliphatic rings. The first-order valence-corrected chi connectivity index (χ1v) is 7.54. The van der Waals surface area contributed by atoms with E-state index >= 15 is 0 Å². The number of rotatable bonds is 6. The van der Waals surface area contributed by atoms with Crippen molar-refractivity contribution in [2.24, 2.45) is 5.18 Å². The Labute approximate surface area is 130 Å². The molecule has 1 aliphatic carbocycles. The fraction of sp³-hybridized carbons (Fsp3) is 0.333. The molecule has 3 rings (SSSR count). The second kappa shape index (κ2) is 6.28. The summed E-state index contributed by atoms with van der Waals surface area (Å²) in [7, 11) is 4.10. The Kier molecular flexibility index (Phi) is 4.20. The van der Waals surface area contributed by atoms with E-state index in [4.69, 9.17) is 4.74 Å². The Bertz CT molecular complexity index is 683. The van der Waals surface area contributed by atoms with E-state index in [1.54, 1.807) is 0 Å². The first-order valence-electron chi connectivity index (χ1n) is 7.54. The van der Waals surface area contributed by atoms with E-state index in [1.165, 1.54) is 0 Å². The van der Waals surface area contributed by atoms with Gasteiger partial charge in [0, 0.05) is 6.54 Å². The minimum atomic E-state index is -0.420. The van der Waals surface area contributed by atoms with Gasteiger partial charge >= 0.3 is 0 Å². The average molecular weight is 296 g/mol. The second-order valence-corrected chi connectivity index (χ2v) is 5.85. The maximum absolute atomic E-state index is 11.3. The molecule has 22 heavy (non-hydrogen) atoms. The largest absolute Gasteiger partial charge is 0.494 e. The SMILES string of the molecule is CN(C)CCCOc1ccc2c(c1)C(N=O)c1ccccc1-2. The number of ether oxygens (including phenoxy) is 1. The highest BCUT2D eigenvalue weighted by Crippen LogP contribution is 2.46. The van der Waals surface area contributed by atoms with Gasteiger partial charge in [-0.2, -0.15) is 0 Å². The highest BCUT2D eigenvalue weighted by molar-refractivity contribution is 5.79. The highest BCUT2D eigenvalue weighted by Gasteiger charge is 2.29. The highest BCUT2D eigenvalue weighted by atomic mass is 16.5. The first-order chi connectivity index (χ1) is 10.7. The van der Waals surface area contributed by atoms with Gasteiger partial charge in [0.2, 0.25) is 0 Å². The number of fused-ring (bicyclic) bond motifs is 3. The molecular formula is C18H20N2O2. The van der Waals surface area contributed by atoms with Crippen molar-refractivity contribution in [3.05, 3.63) is 58.5 Å². The van der Waals surface area contributed by atoms with Gasteiger partial charge in [0.25, 0.3) is 0 Å². The third-order valence-corrected chi connectivity index (χ3v) is 3.99. The van der Waals surface area contributed by atoms with Crippen LogP contribution in [-0.2, 0) is 0 Å². The molecule has 0 saturated heterocycles. The molecule has 0 N–H and O–H groups in total. The van der Waals surface area contributed by atoms with Crippen LogP contribution in [0.25, 0.3) is 11.1 Å². The van der Waals surface area contributed by atoms with Gasteiger partial charge in [0.1, 0.15) is 11.8 Å². The summed E-state index contributed by atoms with van der Waals surface area (Å²) >= 11 is 0. The lowest BCUT2D eigenvalue weighted by atomic mass is 10.1. The number of nitroso groups, excluding NO2 is 1. The molecule has 0 aliphatic heterocycles. The number of nitrogens with zero attached hydrogens (tertiary/aromatic N) is 2. The maximum Gasteiger partial charge on any atom is 0.143 e. The summed E-state index contributed by atoms with van der Waals surface area (Å²) in [6, 6.07) is 13.5. The lowest BCUT2D eigenvalue weighted by molar-refractivity contribution is 0.281. The van der Waals surface area contributed by atoms with E-state index in [0.717, 1.165) is 41.0 Å². The Morgan fingerprint density at radius 3 is 2.64 bits per heavy atom. The zero-order valence-corrected chi connectivity index (χ0v) is 13.0. The molecule has 0 spiro atoms. The molecule has 2 aromatic rings. The Balaban J connectivity index is 1.80. The van der Waals surface area contributed by atoms with Crippen LogP contribution in [0.5, 0.6) is 5.75 Å². The summed E-state index contributed by atoms with van der Waals surface area (Å²) in [5.74, 6) is 0.805. The Morgan fingerprint density at radius 2 is 1.86 bits per heavy atom. The monoisotopic (exact) mass is 296 g/mol. The van der Waals surface area contributed by atoms with Crippen molar-refractivity contribution < 1.29 is 4.74 Å². The molecule has 4 nitrogen and oxygen atoms in total. The molecule has 0 radical (unpaired) electrons. The molecule has 0 amide bonds. The van der Waals surface area contributed by atoms with Crippen molar-refractivity contribution in [2.45, 2.75) is 12.5 Å². The number of benzene rings is 2. The van der Waals surface area contributed by atoms with Crippen LogP contribution in [0.15, 0.2) is 47.6 Å². The van der Waals surface area contributed by atoms with Crippen molar-refractivity contribution in [3.63, 3.8) is 0 Å². The minimum absolute atomic E-state index is 0.420. The molecule has 2 aromatic carbocycles. The number of hydrogen-bond donors (Lipinski definition) is 0. The van der Waals surface area contributed by atoms with Crippen LogP contribution in [-0.4, -0.2) is 32.1 Å². The van der Waals surface area contributed by atoms with Crippen LogP contribution in [0.1, 0.15) is 23.6 Å². The lowest BCUT2D eigenvalue weighted by Crippen LogP contribution is -2.15. The van der Waals surface area contributed by atoms with E-state index in [2.05, 4.69) is 10.1 Å². The van der Waals surface area contributed by atoms with Gasteiger partial charge in [-0.05, 0) is 54.9 Å². The van der Waals surface area contributed by atoms with E-state index in [-0.39, 0.29) is 0 Å². The summed E-state index contributed by atoms with van der Waals surface area (Å²) in [4.78, 5) is 13.4. The van der Waals surface area contributed by atoms with Gasteiger partial charge in [-0.3, -0.25) is 0 Å². The topological polar surface area (TPSA) is 41.9 Å². The maximum atomic E-state index is 11.3. The zero-order valence-electron chi connectivity index (χ0n) is 13.0. The van der Waals surface area contributed by atoms with Gasteiger partial charge in [-0.25, -0.2) is 0 Å². The standard InChI is InChI=1S/C18H20N2O2/c1-20(2)10-5-11-22-13-8-9-15-14-6-3-4-7-16(14)18(19-21)17(15)12-13/h3-4,6-9,12,18H,5,10-11H2,1-2H3. The summed E-state index contributed by atoms with van der Waals surface area (Å²) < 4.78 is 5.80. The van der Waals surface area contributed by atoms with Crippen molar-refractivity contribution >= 4 is 0 Å². The van der Waals surface area contributed by atoms with Crippen molar-refractivity contribution in [1.82, 2.24) is 4.90 Å². The van der Waals surface area contributed by atoms with Crippen molar-refractivity contribution in [3.8, 4) is 16.9 Å². The summed E-state index contributed by atoms with van der Waals surface area (Å²) in [5, 5.41) is 3.32. The molecule has 114 valence electrons. The third-order valence-electron chi connectivity index (χ3n) is 3.99.